The van der Waals surface area contributed by atoms with Crippen LogP contribution in [0.5, 0.6) is 0 Å². The van der Waals surface area contributed by atoms with Crippen molar-refractivity contribution in [1.82, 2.24) is 14.9 Å². The fourth-order valence-corrected chi connectivity index (χ4v) is 6.00. The lowest BCUT2D eigenvalue weighted by molar-refractivity contribution is 0.0953. The van der Waals surface area contributed by atoms with E-state index in [4.69, 9.17) is 10.7 Å². The molecule has 3 heterocycles. The van der Waals surface area contributed by atoms with Gasteiger partial charge >= 0.3 is 0 Å². The maximum Gasteiger partial charge on any atom is 0.261 e. The van der Waals surface area contributed by atoms with E-state index in [1.165, 1.54) is 29.5 Å². The quantitative estimate of drug-likeness (QED) is 0.163. The average Bonchev–Trinajstić information content (AvgIpc) is 3.64. The number of benzene rings is 2. The Morgan fingerprint density at radius 1 is 1.02 bits per heavy atom. The maximum absolute atomic E-state index is 13.6. The van der Waals surface area contributed by atoms with Gasteiger partial charge in [0.1, 0.15) is 11.5 Å². The van der Waals surface area contributed by atoms with Gasteiger partial charge in [-0.3, -0.25) is 9.59 Å². The van der Waals surface area contributed by atoms with Crippen molar-refractivity contribution in [2.45, 2.75) is 47.2 Å². The van der Waals surface area contributed by atoms with Crippen LogP contribution in [-0.4, -0.2) is 21.4 Å². The number of amides is 2. The summed E-state index contributed by atoms with van der Waals surface area (Å²) in [6.45, 7) is 12.4. The summed E-state index contributed by atoms with van der Waals surface area (Å²) in [5.41, 5.74) is 9.95. The molecule has 2 amide bonds. The number of carbonyl (C=O) groups is 2. The minimum atomic E-state index is -0.993. The first kappa shape index (κ1) is 33.2. The Hall–Kier alpha value is -4.70. The van der Waals surface area contributed by atoms with E-state index in [-0.39, 0.29) is 23.8 Å². The van der Waals surface area contributed by atoms with Gasteiger partial charge in [-0.2, -0.15) is 0 Å². The van der Waals surface area contributed by atoms with E-state index in [1.807, 2.05) is 38.5 Å². The molecule has 2 aromatic carbocycles. The zero-order chi connectivity index (χ0) is 32.8. The van der Waals surface area contributed by atoms with Gasteiger partial charge in [0.2, 0.25) is 0 Å². The van der Waals surface area contributed by atoms with Crippen LogP contribution >= 0.6 is 11.3 Å². The van der Waals surface area contributed by atoms with Gasteiger partial charge in [-0.1, -0.05) is 58.5 Å². The van der Waals surface area contributed by atoms with Gasteiger partial charge in [-0.05, 0) is 59.9 Å². The van der Waals surface area contributed by atoms with Crippen LogP contribution in [0, 0.1) is 23.4 Å². The number of thiophene rings is 1. The SMILES string of the molecule is C=Cc1cn(Cc2ccc(F)cc2)c2nc(CC(C)C)c(C(N)=O)c(-c3ccc(C(=O)NCc4ccc(F)c(F)c4)s3)c12.CC. The fraction of sp³-hybridized carbons (Fsp3) is 0.229. The molecule has 0 aliphatic carbocycles. The highest BCUT2D eigenvalue weighted by molar-refractivity contribution is 7.17. The van der Waals surface area contributed by atoms with Crippen LogP contribution in [0.1, 0.15) is 70.1 Å². The number of rotatable bonds is 10. The van der Waals surface area contributed by atoms with Gasteiger partial charge < -0.3 is 15.6 Å². The van der Waals surface area contributed by atoms with E-state index >= 15 is 0 Å². The summed E-state index contributed by atoms with van der Waals surface area (Å²) in [6, 6.07) is 13.0. The molecule has 0 radical (unpaired) electrons. The molecule has 0 saturated heterocycles. The molecule has 45 heavy (non-hydrogen) atoms. The van der Waals surface area contributed by atoms with Crippen LogP contribution in [-0.2, 0) is 19.5 Å². The number of primary amides is 1. The summed E-state index contributed by atoms with van der Waals surface area (Å²) in [7, 11) is 0. The van der Waals surface area contributed by atoms with Crippen molar-refractivity contribution >= 4 is 40.3 Å². The van der Waals surface area contributed by atoms with Gasteiger partial charge in [0.05, 0.1) is 16.1 Å². The first-order chi connectivity index (χ1) is 21.5. The van der Waals surface area contributed by atoms with Crippen molar-refractivity contribution in [1.29, 1.82) is 0 Å². The maximum atomic E-state index is 13.6. The number of nitrogens with one attached hydrogen (secondary N) is 1. The van der Waals surface area contributed by atoms with Crippen molar-refractivity contribution < 1.29 is 22.8 Å². The molecular weight excluding hydrogens is 597 g/mol. The second-order valence-electron chi connectivity index (χ2n) is 10.6. The summed E-state index contributed by atoms with van der Waals surface area (Å²) in [6.07, 6.45) is 4.04. The standard InChI is InChI=1S/C33H29F3N4O2S.C2H6/c1-4-21-17-40(16-19-5-8-22(34)9-6-19)32-28(21)30(29(31(37)41)25(39-32)13-18(2)3)26-11-12-27(43-26)33(42)38-15-20-7-10-23(35)24(36)14-20;1-2/h4-12,14,17-18H,1,13,15-16H2,2-3H3,(H2,37,41)(H,38,42);1-2H3. The highest BCUT2D eigenvalue weighted by atomic mass is 32.1. The Kier molecular flexibility index (Phi) is 10.6. The largest absolute Gasteiger partial charge is 0.366 e. The monoisotopic (exact) mass is 632 g/mol. The van der Waals surface area contributed by atoms with Crippen molar-refractivity contribution in [3.05, 3.63) is 118 Å². The van der Waals surface area contributed by atoms with Crippen LogP contribution in [0.4, 0.5) is 13.2 Å². The van der Waals surface area contributed by atoms with Crippen LogP contribution in [0.2, 0.25) is 0 Å². The topological polar surface area (TPSA) is 90.0 Å². The second kappa shape index (κ2) is 14.4. The van der Waals surface area contributed by atoms with Crippen molar-refractivity contribution in [3.63, 3.8) is 0 Å². The van der Waals surface area contributed by atoms with E-state index in [0.29, 0.717) is 50.6 Å². The molecule has 0 aliphatic heterocycles. The Morgan fingerprint density at radius 3 is 2.33 bits per heavy atom. The molecule has 3 N–H and O–H groups in total. The highest BCUT2D eigenvalue weighted by Gasteiger charge is 2.26. The predicted molar refractivity (Wildman–Crippen MR) is 175 cm³/mol. The lowest BCUT2D eigenvalue weighted by Crippen LogP contribution is -2.21. The summed E-state index contributed by atoms with van der Waals surface area (Å²) in [5.74, 6) is -3.18. The van der Waals surface area contributed by atoms with Crippen LogP contribution < -0.4 is 11.1 Å². The molecule has 0 fully saturated rings. The first-order valence-electron chi connectivity index (χ1n) is 14.6. The number of pyridine rings is 1. The van der Waals surface area contributed by atoms with Crippen molar-refractivity contribution in [3.8, 4) is 10.4 Å². The number of hydrogen-bond donors (Lipinski definition) is 2. The van der Waals surface area contributed by atoms with E-state index in [2.05, 4.69) is 11.9 Å². The minimum Gasteiger partial charge on any atom is -0.366 e. The number of fused-ring (bicyclic) bond motifs is 1. The van der Waals surface area contributed by atoms with Crippen LogP contribution in [0.25, 0.3) is 27.6 Å². The van der Waals surface area contributed by atoms with Gasteiger partial charge in [0.25, 0.3) is 11.8 Å². The van der Waals surface area contributed by atoms with Crippen molar-refractivity contribution in [2.75, 3.05) is 0 Å². The molecule has 234 valence electrons. The fourth-order valence-electron chi connectivity index (χ4n) is 5.02. The highest BCUT2D eigenvalue weighted by Crippen LogP contribution is 2.40. The Bertz CT molecular complexity index is 1860. The van der Waals surface area contributed by atoms with E-state index in [9.17, 15) is 22.8 Å². The van der Waals surface area contributed by atoms with Gasteiger partial charge in [-0.15, -0.1) is 11.3 Å². The number of hydrogen-bond acceptors (Lipinski definition) is 4. The number of nitrogens with zero attached hydrogens (tertiary/aromatic N) is 2. The van der Waals surface area contributed by atoms with Crippen molar-refractivity contribution in [2.24, 2.45) is 11.7 Å². The van der Waals surface area contributed by atoms with Gasteiger partial charge in [0, 0.05) is 40.7 Å². The van der Waals surface area contributed by atoms with E-state index in [1.54, 1.807) is 30.3 Å². The normalized spacial score (nSPS) is 10.9. The lowest BCUT2D eigenvalue weighted by Gasteiger charge is -2.16. The second-order valence-corrected chi connectivity index (χ2v) is 11.7. The van der Waals surface area contributed by atoms with Gasteiger partial charge in [-0.25, -0.2) is 18.2 Å². The predicted octanol–water partition coefficient (Wildman–Crippen LogP) is 8.13. The molecule has 0 spiro atoms. The van der Waals surface area contributed by atoms with Crippen LogP contribution in [0.3, 0.4) is 0 Å². The van der Waals surface area contributed by atoms with E-state index < -0.39 is 23.4 Å². The number of carbonyl (C=O) groups excluding carboxylic acids is 2. The third kappa shape index (κ3) is 7.34. The molecule has 0 bridgehead atoms. The summed E-state index contributed by atoms with van der Waals surface area (Å²) in [5, 5.41) is 3.39. The lowest BCUT2D eigenvalue weighted by atomic mass is 9.94. The smallest absolute Gasteiger partial charge is 0.261 e. The Balaban J connectivity index is 0.00000226. The molecule has 0 unspecified atom stereocenters. The van der Waals surface area contributed by atoms with E-state index in [0.717, 1.165) is 23.3 Å². The summed E-state index contributed by atoms with van der Waals surface area (Å²) >= 11 is 1.18. The molecule has 6 nitrogen and oxygen atoms in total. The average molecular weight is 633 g/mol. The molecule has 0 atom stereocenters. The molecule has 10 heteroatoms. The molecule has 0 saturated carbocycles. The molecule has 3 aromatic heterocycles. The zero-order valence-electron chi connectivity index (χ0n) is 25.6. The third-order valence-corrected chi connectivity index (χ3v) is 8.06. The summed E-state index contributed by atoms with van der Waals surface area (Å²) in [4.78, 5) is 32.0. The molecule has 0 aliphatic rings. The minimum absolute atomic E-state index is 0.000684. The first-order valence-corrected chi connectivity index (χ1v) is 15.4. The van der Waals surface area contributed by atoms with Gasteiger partial charge in [0.15, 0.2) is 11.6 Å². The molecule has 5 aromatic rings. The van der Waals surface area contributed by atoms with Crippen LogP contribution in [0.15, 0.2) is 67.4 Å². The number of aromatic nitrogens is 2. The number of nitrogens with two attached hydrogens (primary N) is 1. The third-order valence-electron chi connectivity index (χ3n) is 6.96. The molecular formula is C35H35F3N4O2S. The molecule has 5 rings (SSSR count). The Morgan fingerprint density at radius 2 is 1.71 bits per heavy atom. The Labute approximate surface area is 264 Å². The summed E-state index contributed by atoms with van der Waals surface area (Å²) < 4.78 is 42.4. The zero-order valence-corrected chi connectivity index (χ0v) is 26.4. The number of halogens is 3.